The highest BCUT2D eigenvalue weighted by molar-refractivity contribution is 6.77. The summed E-state index contributed by atoms with van der Waals surface area (Å²) >= 11 is 0. The Labute approximate surface area is 242 Å². The van der Waals surface area contributed by atoms with Gasteiger partial charge in [-0.1, -0.05) is 62.3 Å². The van der Waals surface area contributed by atoms with Crippen LogP contribution < -0.4 is 0 Å². The van der Waals surface area contributed by atoms with Crippen LogP contribution in [0.15, 0.2) is 0 Å². The Hall–Kier alpha value is -0.746. The zero-order chi connectivity index (χ0) is 30.4. The smallest absolute Gasteiger partial charge is 0.412 e. The first-order valence-corrected chi connectivity index (χ1v) is 20.0. The number of nitrogens with zero attached hydrogens (tertiary/aromatic N) is 1. The number of ether oxygens (including phenoxy) is 2. The zero-order valence-corrected chi connectivity index (χ0v) is 29.7. The summed E-state index contributed by atoms with van der Waals surface area (Å²) in [6.45, 7) is 30.0. The Morgan fingerprint density at radius 3 is 1.85 bits per heavy atom. The van der Waals surface area contributed by atoms with Gasteiger partial charge in [-0.3, -0.25) is 4.90 Å². The van der Waals surface area contributed by atoms with Gasteiger partial charge in [0.25, 0.3) is 0 Å². The normalized spacial score (nSPS) is 20.1. The molecule has 1 aliphatic heterocycles. The number of carbonyl (C=O) groups excluding carboxylic acids is 2. The summed E-state index contributed by atoms with van der Waals surface area (Å²) in [5.74, 6) is 0. The summed E-state index contributed by atoms with van der Waals surface area (Å²) in [5, 5.41) is 0. The number of aldehydes is 1. The van der Waals surface area contributed by atoms with E-state index in [4.69, 9.17) is 18.3 Å². The van der Waals surface area contributed by atoms with Crippen molar-refractivity contribution in [3.8, 4) is 0 Å². The quantitative estimate of drug-likeness (QED) is 0.142. The van der Waals surface area contributed by atoms with Crippen molar-refractivity contribution in [1.29, 1.82) is 0 Å². The van der Waals surface area contributed by atoms with Gasteiger partial charge in [0.1, 0.15) is 17.6 Å². The third-order valence-corrected chi connectivity index (χ3v) is 19.6. The lowest BCUT2D eigenvalue weighted by atomic mass is 10.0. The molecule has 0 aliphatic carbocycles. The predicted octanol–water partition coefficient (Wildman–Crippen LogP) is 8.29. The fourth-order valence-electron chi connectivity index (χ4n) is 6.63. The fourth-order valence-corrected chi connectivity index (χ4v) is 15.1. The van der Waals surface area contributed by atoms with E-state index < -0.39 is 34.1 Å². The summed E-state index contributed by atoms with van der Waals surface area (Å²) < 4.78 is 26.4. The molecule has 3 atom stereocenters. The second-order valence-corrected chi connectivity index (χ2v) is 23.9. The highest BCUT2D eigenvalue weighted by Crippen LogP contribution is 2.44. The Morgan fingerprint density at radius 1 is 0.974 bits per heavy atom. The van der Waals surface area contributed by atoms with Gasteiger partial charge in [0.15, 0.2) is 8.32 Å². The van der Waals surface area contributed by atoms with Crippen LogP contribution >= 0.6 is 0 Å². The number of carbonyl (C=O) groups is 2. The maximum absolute atomic E-state index is 13.6. The molecule has 0 N–H and O–H groups in total. The van der Waals surface area contributed by atoms with Gasteiger partial charge in [0.2, 0.25) is 8.32 Å². The minimum absolute atomic E-state index is 0.284. The van der Waals surface area contributed by atoms with Crippen molar-refractivity contribution in [3.63, 3.8) is 0 Å². The largest absolute Gasteiger partial charge is 0.444 e. The van der Waals surface area contributed by atoms with Gasteiger partial charge in [-0.05, 0) is 75.8 Å². The van der Waals surface area contributed by atoms with Gasteiger partial charge in [0, 0.05) is 6.42 Å². The Bertz CT molecular complexity index is 746. The van der Waals surface area contributed by atoms with Crippen molar-refractivity contribution in [1.82, 2.24) is 4.90 Å². The number of rotatable bonds is 15. The molecular weight excluding hydrogens is 527 g/mol. The van der Waals surface area contributed by atoms with E-state index in [1.54, 1.807) is 4.90 Å². The van der Waals surface area contributed by atoms with Crippen molar-refractivity contribution in [2.75, 3.05) is 6.61 Å². The summed E-state index contributed by atoms with van der Waals surface area (Å²) in [6.07, 6.45) is 0.818. The van der Waals surface area contributed by atoms with Crippen LogP contribution in [0.1, 0.15) is 110 Å². The number of hydrogen-bond donors (Lipinski definition) is 0. The summed E-state index contributed by atoms with van der Waals surface area (Å²) in [5.41, 5.74) is -0.280. The van der Waals surface area contributed by atoms with Gasteiger partial charge in [0.05, 0.1) is 24.9 Å². The first-order valence-electron chi connectivity index (χ1n) is 15.3. The second-order valence-electron chi connectivity index (χ2n) is 13.8. The first kappa shape index (κ1) is 36.3. The average molecular weight is 588 g/mol. The van der Waals surface area contributed by atoms with Crippen LogP contribution in [0, 0.1) is 0 Å². The van der Waals surface area contributed by atoms with Crippen molar-refractivity contribution < 1.29 is 27.9 Å². The topological polar surface area (TPSA) is 74.3 Å². The monoisotopic (exact) mass is 587 g/mol. The van der Waals surface area contributed by atoms with Gasteiger partial charge < -0.3 is 23.1 Å². The van der Waals surface area contributed by atoms with Crippen LogP contribution in [-0.2, 0) is 23.1 Å². The molecule has 1 fully saturated rings. The van der Waals surface area contributed by atoms with Crippen LogP contribution in [0.4, 0.5) is 4.79 Å². The first-order chi connectivity index (χ1) is 17.9. The molecule has 7 nitrogen and oxygen atoms in total. The van der Waals surface area contributed by atoms with Crippen LogP contribution in [0.5, 0.6) is 0 Å². The molecule has 39 heavy (non-hydrogen) atoms. The van der Waals surface area contributed by atoms with E-state index in [9.17, 15) is 9.59 Å². The lowest BCUT2D eigenvalue weighted by Gasteiger charge is -2.46. The van der Waals surface area contributed by atoms with E-state index in [2.05, 4.69) is 62.3 Å². The summed E-state index contributed by atoms with van der Waals surface area (Å²) in [4.78, 5) is 27.3. The molecule has 0 spiro atoms. The van der Waals surface area contributed by atoms with Crippen molar-refractivity contribution in [2.45, 2.75) is 174 Å². The van der Waals surface area contributed by atoms with E-state index in [0.717, 1.165) is 24.4 Å². The molecule has 1 amide bonds. The molecule has 0 bridgehead atoms. The van der Waals surface area contributed by atoms with Crippen molar-refractivity contribution in [2.24, 2.45) is 0 Å². The maximum atomic E-state index is 13.6. The third-order valence-electron chi connectivity index (χ3n) is 8.81. The molecule has 0 saturated carbocycles. The molecule has 1 saturated heterocycles. The average Bonchev–Trinajstić information content (AvgIpc) is 3.13. The molecule has 230 valence electrons. The van der Waals surface area contributed by atoms with Crippen molar-refractivity contribution >= 4 is 29.0 Å². The predicted molar refractivity (Wildman–Crippen MR) is 165 cm³/mol. The molecule has 9 heteroatoms. The summed E-state index contributed by atoms with van der Waals surface area (Å²) in [6, 6.07) is 2.63. The Balaban J connectivity index is 3.61. The standard InChI is InChI=1S/C30H61NO6Si2/c1-15-38(16-2,17-3)37-27(26-21-34-30(13,14)31(26)28(33)35-29(10,11)12)20-25(18-19-32)36-39(22(4)5,23(6)7)24(8)9/h19,22-27H,15-18,20-21H2,1-14H3/t25-,26+,27-/m1/s1. The van der Waals surface area contributed by atoms with Crippen molar-refractivity contribution in [3.05, 3.63) is 0 Å². The zero-order valence-electron chi connectivity index (χ0n) is 27.7. The van der Waals surface area contributed by atoms with E-state index in [0.29, 0.717) is 36.1 Å². The molecule has 0 aromatic carbocycles. The lowest BCUT2D eigenvalue weighted by Crippen LogP contribution is -2.57. The van der Waals surface area contributed by atoms with E-state index in [-0.39, 0.29) is 18.2 Å². The Morgan fingerprint density at radius 2 is 1.46 bits per heavy atom. The highest BCUT2D eigenvalue weighted by Gasteiger charge is 2.52. The van der Waals surface area contributed by atoms with Crippen LogP contribution in [0.25, 0.3) is 0 Å². The van der Waals surface area contributed by atoms with Crippen LogP contribution in [0.3, 0.4) is 0 Å². The van der Waals surface area contributed by atoms with Gasteiger partial charge in [-0.25, -0.2) is 4.79 Å². The molecule has 0 aromatic rings. The molecule has 0 radical (unpaired) electrons. The fraction of sp³-hybridized carbons (Fsp3) is 0.933. The lowest BCUT2D eigenvalue weighted by molar-refractivity contribution is -0.109. The summed E-state index contributed by atoms with van der Waals surface area (Å²) in [7, 11) is -4.34. The minimum Gasteiger partial charge on any atom is -0.444 e. The molecular formula is C30H61NO6Si2. The van der Waals surface area contributed by atoms with Gasteiger partial charge in [-0.15, -0.1) is 0 Å². The Kier molecular flexibility index (Phi) is 13.4. The SMILES string of the molecule is CC[Si](CC)(CC)O[C@H](C[C@@H](CC=O)O[Si](C(C)C)(C(C)C)C(C)C)[C@@H]1COC(C)(C)N1C(=O)OC(C)(C)C. The van der Waals surface area contributed by atoms with E-state index in [1.807, 2.05) is 34.6 Å². The van der Waals surface area contributed by atoms with Gasteiger partial charge in [-0.2, -0.15) is 0 Å². The second kappa shape index (κ2) is 14.4. The van der Waals surface area contributed by atoms with E-state index in [1.165, 1.54) is 0 Å². The molecule has 1 heterocycles. The van der Waals surface area contributed by atoms with Gasteiger partial charge >= 0.3 is 6.09 Å². The number of hydrogen-bond acceptors (Lipinski definition) is 6. The molecule has 0 aromatic heterocycles. The number of amides is 1. The van der Waals surface area contributed by atoms with Crippen LogP contribution in [-0.4, -0.2) is 70.1 Å². The molecule has 0 unspecified atom stereocenters. The van der Waals surface area contributed by atoms with Crippen LogP contribution in [0.2, 0.25) is 34.8 Å². The third kappa shape index (κ3) is 8.87. The highest BCUT2D eigenvalue weighted by atomic mass is 28.4. The molecule has 1 rings (SSSR count). The maximum Gasteiger partial charge on any atom is 0.412 e. The minimum atomic E-state index is -2.26. The molecule has 1 aliphatic rings. The van der Waals surface area contributed by atoms with E-state index >= 15 is 0 Å².